The average Bonchev–Trinajstić information content (AvgIpc) is 2.35. The van der Waals surface area contributed by atoms with E-state index in [0.717, 1.165) is 29.4 Å². The van der Waals surface area contributed by atoms with Gasteiger partial charge < -0.3 is 9.64 Å². The molecule has 0 amide bonds. The second-order valence-electron chi connectivity index (χ2n) is 4.79. The summed E-state index contributed by atoms with van der Waals surface area (Å²) in [6.07, 6.45) is 0. The summed E-state index contributed by atoms with van der Waals surface area (Å²) in [6, 6.07) is 12.7. The van der Waals surface area contributed by atoms with Gasteiger partial charge in [-0.05, 0) is 56.2 Å². The largest absolute Gasteiger partial charge is 0.453 e. The van der Waals surface area contributed by atoms with Crippen molar-refractivity contribution >= 4 is 11.4 Å². The Balaban J connectivity index is 2.18. The highest BCUT2D eigenvalue weighted by Crippen LogP contribution is 2.46. The van der Waals surface area contributed by atoms with Gasteiger partial charge in [0.05, 0.1) is 11.4 Å². The number of aryl methyl sites for hydroxylation is 2. The van der Waals surface area contributed by atoms with Gasteiger partial charge in [0.25, 0.3) is 0 Å². The molecule has 18 heavy (non-hydrogen) atoms. The molecule has 2 aromatic rings. The maximum absolute atomic E-state index is 6.03. The standard InChI is InChI=1S/C16H17NO/c1-4-17-13-7-5-11(2)9-15(13)18-16-10-12(3)6-8-14(16)17/h5-10H,4H2,1-3H3. The Morgan fingerprint density at radius 1 is 0.889 bits per heavy atom. The summed E-state index contributed by atoms with van der Waals surface area (Å²) in [5.41, 5.74) is 4.75. The number of nitrogens with zero attached hydrogens (tertiary/aromatic N) is 1. The monoisotopic (exact) mass is 239 g/mol. The van der Waals surface area contributed by atoms with Crippen LogP contribution in [0.3, 0.4) is 0 Å². The summed E-state index contributed by atoms with van der Waals surface area (Å²) in [5.74, 6) is 1.91. The lowest BCUT2D eigenvalue weighted by atomic mass is 10.1. The zero-order chi connectivity index (χ0) is 12.7. The van der Waals surface area contributed by atoms with Crippen LogP contribution in [0.15, 0.2) is 36.4 Å². The fraction of sp³-hybridized carbons (Fsp3) is 0.250. The quantitative estimate of drug-likeness (QED) is 0.723. The molecule has 2 heteroatoms. The number of hydrogen-bond donors (Lipinski definition) is 0. The van der Waals surface area contributed by atoms with Gasteiger partial charge in [-0.1, -0.05) is 12.1 Å². The van der Waals surface area contributed by atoms with E-state index in [1.165, 1.54) is 11.1 Å². The van der Waals surface area contributed by atoms with Crippen LogP contribution in [-0.4, -0.2) is 6.54 Å². The first-order valence-electron chi connectivity index (χ1n) is 6.35. The second-order valence-corrected chi connectivity index (χ2v) is 4.79. The van der Waals surface area contributed by atoms with Crippen molar-refractivity contribution in [2.75, 3.05) is 11.4 Å². The van der Waals surface area contributed by atoms with Crippen molar-refractivity contribution in [1.29, 1.82) is 0 Å². The molecule has 0 unspecified atom stereocenters. The van der Waals surface area contributed by atoms with Crippen LogP contribution in [0.25, 0.3) is 0 Å². The zero-order valence-electron chi connectivity index (χ0n) is 11.0. The highest BCUT2D eigenvalue weighted by atomic mass is 16.5. The van der Waals surface area contributed by atoms with Crippen LogP contribution in [-0.2, 0) is 0 Å². The molecular formula is C16H17NO. The summed E-state index contributed by atoms with van der Waals surface area (Å²) < 4.78 is 6.03. The Kier molecular flexibility index (Phi) is 2.51. The Hall–Kier alpha value is -1.96. The van der Waals surface area contributed by atoms with Gasteiger partial charge in [-0.25, -0.2) is 0 Å². The van der Waals surface area contributed by atoms with Crippen molar-refractivity contribution in [3.05, 3.63) is 47.5 Å². The topological polar surface area (TPSA) is 12.5 Å². The maximum Gasteiger partial charge on any atom is 0.151 e. The SMILES string of the molecule is CCN1c2ccc(C)cc2Oc2cc(C)ccc21. The second kappa shape index (κ2) is 4.05. The maximum atomic E-state index is 6.03. The van der Waals surface area contributed by atoms with Gasteiger partial charge in [0, 0.05) is 6.54 Å². The molecule has 0 fully saturated rings. The molecule has 0 N–H and O–H groups in total. The van der Waals surface area contributed by atoms with E-state index in [1.54, 1.807) is 0 Å². The van der Waals surface area contributed by atoms with Gasteiger partial charge >= 0.3 is 0 Å². The zero-order valence-corrected chi connectivity index (χ0v) is 11.0. The molecule has 1 aliphatic heterocycles. The third-order valence-electron chi connectivity index (χ3n) is 3.35. The molecule has 3 rings (SSSR count). The van der Waals surface area contributed by atoms with E-state index in [1.807, 2.05) is 0 Å². The predicted octanol–water partition coefficient (Wildman–Crippen LogP) is 4.57. The average molecular weight is 239 g/mol. The lowest BCUT2D eigenvalue weighted by Gasteiger charge is -2.32. The van der Waals surface area contributed by atoms with Crippen molar-refractivity contribution in [2.45, 2.75) is 20.8 Å². The molecular weight excluding hydrogens is 222 g/mol. The Labute approximate surface area is 108 Å². The summed E-state index contributed by atoms with van der Waals surface area (Å²) in [4.78, 5) is 2.30. The minimum Gasteiger partial charge on any atom is -0.453 e. The van der Waals surface area contributed by atoms with Gasteiger partial charge in [-0.15, -0.1) is 0 Å². The van der Waals surface area contributed by atoms with Crippen LogP contribution in [0, 0.1) is 13.8 Å². The van der Waals surface area contributed by atoms with Crippen molar-refractivity contribution in [2.24, 2.45) is 0 Å². The predicted molar refractivity (Wildman–Crippen MR) is 75.1 cm³/mol. The highest BCUT2D eigenvalue weighted by molar-refractivity contribution is 5.78. The molecule has 0 radical (unpaired) electrons. The first-order chi connectivity index (χ1) is 8.69. The first-order valence-corrected chi connectivity index (χ1v) is 6.35. The van der Waals surface area contributed by atoms with Gasteiger partial charge in [0.1, 0.15) is 0 Å². The van der Waals surface area contributed by atoms with Crippen LogP contribution in [0.4, 0.5) is 11.4 Å². The van der Waals surface area contributed by atoms with Crippen LogP contribution in [0.2, 0.25) is 0 Å². The fourth-order valence-corrected chi connectivity index (χ4v) is 2.44. The van der Waals surface area contributed by atoms with Gasteiger partial charge in [-0.2, -0.15) is 0 Å². The van der Waals surface area contributed by atoms with Crippen LogP contribution < -0.4 is 9.64 Å². The van der Waals surface area contributed by atoms with E-state index in [0.29, 0.717) is 0 Å². The van der Waals surface area contributed by atoms with Gasteiger partial charge in [0.2, 0.25) is 0 Å². The first kappa shape index (κ1) is 11.1. The number of hydrogen-bond acceptors (Lipinski definition) is 2. The van der Waals surface area contributed by atoms with Crippen molar-refractivity contribution in [3.8, 4) is 11.5 Å². The van der Waals surface area contributed by atoms with E-state index in [-0.39, 0.29) is 0 Å². The minimum atomic E-state index is 0.940. The third-order valence-corrected chi connectivity index (χ3v) is 3.35. The van der Waals surface area contributed by atoms with Crippen molar-refractivity contribution in [1.82, 2.24) is 0 Å². The summed E-state index contributed by atoms with van der Waals surface area (Å²) in [7, 11) is 0. The molecule has 0 saturated carbocycles. The lowest BCUT2D eigenvalue weighted by molar-refractivity contribution is 0.473. The number of benzene rings is 2. The molecule has 0 atom stereocenters. The Morgan fingerprint density at radius 2 is 1.39 bits per heavy atom. The summed E-state index contributed by atoms with van der Waals surface area (Å²) in [5, 5.41) is 0. The number of fused-ring (bicyclic) bond motifs is 2. The summed E-state index contributed by atoms with van der Waals surface area (Å²) in [6.45, 7) is 7.28. The molecule has 0 spiro atoms. The minimum absolute atomic E-state index is 0.940. The molecule has 2 nitrogen and oxygen atoms in total. The van der Waals surface area contributed by atoms with Gasteiger partial charge in [0.15, 0.2) is 11.5 Å². The number of anilines is 2. The summed E-state index contributed by atoms with van der Waals surface area (Å²) >= 11 is 0. The molecule has 2 aromatic carbocycles. The van der Waals surface area contributed by atoms with E-state index < -0.39 is 0 Å². The van der Waals surface area contributed by atoms with E-state index in [4.69, 9.17) is 4.74 Å². The molecule has 0 bridgehead atoms. The highest BCUT2D eigenvalue weighted by Gasteiger charge is 2.22. The molecule has 1 aliphatic rings. The fourth-order valence-electron chi connectivity index (χ4n) is 2.44. The van der Waals surface area contributed by atoms with Crippen LogP contribution in [0.1, 0.15) is 18.1 Å². The van der Waals surface area contributed by atoms with Gasteiger partial charge in [-0.3, -0.25) is 0 Å². The van der Waals surface area contributed by atoms with Crippen LogP contribution in [0.5, 0.6) is 11.5 Å². The smallest absolute Gasteiger partial charge is 0.151 e. The molecule has 0 saturated heterocycles. The molecule has 0 aromatic heterocycles. The van der Waals surface area contributed by atoms with E-state index in [2.05, 4.69) is 62.1 Å². The van der Waals surface area contributed by atoms with E-state index >= 15 is 0 Å². The molecule has 0 aliphatic carbocycles. The Morgan fingerprint density at radius 3 is 1.83 bits per heavy atom. The number of ether oxygens (including phenoxy) is 1. The number of rotatable bonds is 1. The third kappa shape index (κ3) is 1.65. The van der Waals surface area contributed by atoms with Crippen molar-refractivity contribution < 1.29 is 4.74 Å². The molecule has 92 valence electrons. The lowest BCUT2D eigenvalue weighted by Crippen LogP contribution is -2.20. The van der Waals surface area contributed by atoms with Crippen LogP contribution >= 0.6 is 0 Å². The Bertz CT molecular complexity index is 553. The van der Waals surface area contributed by atoms with E-state index in [9.17, 15) is 0 Å². The van der Waals surface area contributed by atoms with Crippen molar-refractivity contribution in [3.63, 3.8) is 0 Å². The molecule has 1 heterocycles. The normalized spacial score (nSPS) is 12.7.